The van der Waals surface area contributed by atoms with Gasteiger partial charge in [-0.05, 0) is 12.5 Å². The van der Waals surface area contributed by atoms with Crippen molar-refractivity contribution in [2.24, 2.45) is 0 Å². The van der Waals surface area contributed by atoms with Crippen molar-refractivity contribution >= 4 is 6.47 Å². The van der Waals surface area contributed by atoms with Crippen molar-refractivity contribution in [1.29, 1.82) is 0 Å². The Kier molecular flexibility index (Phi) is 22.5. The standard InChI is InChI=1S/C8H10O.C6H12.C5H6O3.C2H6/c1-7(9)8-5-3-2-4-6-8;1-2-4-6-5-3-1;6-3-1-2-4-8-5-7;1-2/h2-7,9H,1H3;1-6H2;5-6H,3-4H2;1-2H3. The summed E-state index contributed by atoms with van der Waals surface area (Å²) in [6.45, 7) is 5.94. The quantitative estimate of drug-likeness (QED) is 0.485. The van der Waals surface area contributed by atoms with Gasteiger partial charge in [-0.2, -0.15) is 0 Å². The molecule has 1 fully saturated rings. The Morgan fingerprint density at radius 3 is 1.84 bits per heavy atom. The monoisotopic (exact) mass is 350 g/mol. The highest BCUT2D eigenvalue weighted by Gasteiger charge is 1.96. The molecule has 1 aliphatic carbocycles. The van der Waals surface area contributed by atoms with Gasteiger partial charge in [0.15, 0.2) is 6.61 Å². The molecule has 0 saturated heterocycles. The molecule has 1 aliphatic rings. The predicted octanol–water partition coefficient (Wildman–Crippen LogP) is 4.26. The van der Waals surface area contributed by atoms with E-state index in [9.17, 15) is 4.79 Å². The van der Waals surface area contributed by atoms with E-state index in [0.717, 1.165) is 5.56 Å². The van der Waals surface area contributed by atoms with E-state index in [1.165, 1.54) is 38.5 Å². The zero-order valence-electron chi connectivity index (χ0n) is 15.9. The highest BCUT2D eigenvalue weighted by Crippen LogP contribution is 2.15. The minimum absolute atomic E-state index is 0.0596. The lowest BCUT2D eigenvalue weighted by Crippen LogP contribution is -1.87. The Bertz CT molecular complexity index is 417. The van der Waals surface area contributed by atoms with Crippen LogP contribution in [0.3, 0.4) is 0 Å². The summed E-state index contributed by atoms with van der Waals surface area (Å²) in [5, 5.41) is 17.1. The molecule has 0 aromatic heterocycles. The van der Waals surface area contributed by atoms with Crippen LogP contribution in [0.1, 0.15) is 71.0 Å². The Morgan fingerprint density at radius 2 is 1.52 bits per heavy atom. The van der Waals surface area contributed by atoms with E-state index >= 15 is 0 Å². The molecule has 1 atom stereocenters. The molecule has 0 amide bonds. The number of aliphatic hydroxyl groups is 2. The summed E-state index contributed by atoms with van der Waals surface area (Å²) in [6.07, 6.45) is 8.66. The zero-order chi connectivity index (χ0) is 19.2. The molecule has 4 heteroatoms. The second-order valence-corrected chi connectivity index (χ2v) is 5.13. The second-order valence-electron chi connectivity index (χ2n) is 5.13. The van der Waals surface area contributed by atoms with E-state index < -0.39 is 0 Å². The minimum Gasteiger partial charge on any atom is -0.455 e. The molecule has 4 nitrogen and oxygen atoms in total. The van der Waals surface area contributed by atoms with Gasteiger partial charge in [-0.1, -0.05) is 94.5 Å². The molecule has 0 spiro atoms. The van der Waals surface area contributed by atoms with Gasteiger partial charge in [0.2, 0.25) is 0 Å². The summed E-state index contributed by atoms with van der Waals surface area (Å²) in [4.78, 5) is 9.42. The number of hydrogen-bond donors (Lipinski definition) is 2. The van der Waals surface area contributed by atoms with Crippen molar-refractivity contribution in [2.45, 2.75) is 65.4 Å². The van der Waals surface area contributed by atoms with Gasteiger partial charge in [0.05, 0.1) is 6.10 Å². The largest absolute Gasteiger partial charge is 0.455 e. The van der Waals surface area contributed by atoms with Crippen molar-refractivity contribution in [3.63, 3.8) is 0 Å². The smallest absolute Gasteiger partial charge is 0.294 e. The van der Waals surface area contributed by atoms with E-state index in [1.807, 2.05) is 44.2 Å². The highest BCUT2D eigenvalue weighted by atomic mass is 16.5. The minimum atomic E-state index is -0.341. The van der Waals surface area contributed by atoms with E-state index in [2.05, 4.69) is 16.6 Å². The molecule has 0 heterocycles. The first kappa shape index (κ1) is 25.4. The van der Waals surface area contributed by atoms with Gasteiger partial charge in [0, 0.05) is 0 Å². The van der Waals surface area contributed by atoms with Gasteiger partial charge in [0.25, 0.3) is 6.47 Å². The fraction of sp³-hybridized carbons (Fsp3) is 0.571. The van der Waals surface area contributed by atoms with Gasteiger partial charge in [-0.15, -0.1) is 0 Å². The fourth-order valence-electron chi connectivity index (χ4n) is 1.97. The van der Waals surface area contributed by atoms with Crippen molar-refractivity contribution < 1.29 is 19.7 Å². The van der Waals surface area contributed by atoms with E-state index in [4.69, 9.17) is 10.2 Å². The van der Waals surface area contributed by atoms with Crippen LogP contribution in [0.2, 0.25) is 0 Å². The number of rotatable bonds is 3. The summed E-state index contributed by atoms with van der Waals surface area (Å²) in [7, 11) is 0. The average molecular weight is 350 g/mol. The molecule has 142 valence electrons. The third kappa shape index (κ3) is 20.1. The van der Waals surface area contributed by atoms with E-state index in [1.54, 1.807) is 6.92 Å². The van der Waals surface area contributed by atoms with Crippen LogP contribution in [0.5, 0.6) is 0 Å². The fourth-order valence-corrected chi connectivity index (χ4v) is 1.97. The van der Waals surface area contributed by atoms with Crippen LogP contribution in [-0.4, -0.2) is 29.9 Å². The van der Waals surface area contributed by atoms with E-state index in [-0.39, 0.29) is 19.3 Å². The van der Waals surface area contributed by atoms with Gasteiger partial charge in [-0.3, -0.25) is 4.79 Å². The molecular weight excluding hydrogens is 316 g/mol. The number of ether oxygens (including phenoxy) is 1. The number of aliphatic hydroxyl groups excluding tert-OH is 2. The topological polar surface area (TPSA) is 66.8 Å². The molecule has 2 rings (SSSR count). The highest BCUT2D eigenvalue weighted by molar-refractivity contribution is 5.37. The van der Waals surface area contributed by atoms with Crippen molar-refractivity contribution in [3.05, 3.63) is 35.9 Å². The Balaban J connectivity index is 0. The van der Waals surface area contributed by atoms with Crippen molar-refractivity contribution in [1.82, 2.24) is 0 Å². The lowest BCUT2D eigenvalue weighted by molar-refractivity contribution is -0.127. The lowest BCUT2D eigenvalue weighted by Gasteiger charge is -2.05. The SMILES string of the molecule is C1CCCCC1.CC.CC(O)c1ccccc1.O=COCC#CCO. The Hall–Kier alpha value is -1.83. The summed E-state index contributed by atoms with van der Waals surface area (Å²) in [5.74, 6) is 4.69. The van der Waals surface area contributed by atoms with Crippen LogP contribution < -0.4 is 0 Å². The van der Waals surface area contributed by atoms with Crippen molar-refractivity contribution in [2.75, 3.05) is 13.2 Å². The number of hydrogen-bond acceptors (Lipinski definition) is 4. The summed E-state index contributed by atoms with van der Waals surface area (Å²) < 4.78 is 4.17. The molecule has 0 radical (unpaired) electrons. The van der Waals surface area contributed by atoms with Crippen LogP contribution in [0.15, 0.2) is 30.3 Å². The van der Waals surface area contributed by atoms with Crippen LogP contribution in [0, 0.1) is 11.8 Å². The first-order chi connectivity index (χ1) is 12.2. The van der Waals surface area contributed by atoms with Gasteiger partial charge in [-0.25, -0.2) is 0 Å². The summed E-state index contributed by atoms with van der Waals surface area (Å²) >= 11 is 0. The second kappa shape index (κ2) is 22.2. The number of carbonyl (C=O) groups excluding carboxylic acids is 1. The summed E-state index contributed by atoms with van der Waals surface area (Å²) in [5.41, 5.74) is 0.970. The number of carbonyl (C=O) groups is 1. The summed E-state index contributed by atoms with van der Waals surface area (Å²) in [6, 6.07) is 9.59. The predicted molar refractivity (Wildman–Crippen MR) is 103 cm³/mol. The molecule has 1 aromatic carbocycles. The molecule has 0 aliphatic heterocycles. The molecule has 1 unspecified atom stereocenters. The van der Waals surface area contributed by atoms with Crippen LogP contribution in [0.4, 0.5) is 0 Å². The third-order valence-corrected chi connectivity index (χ3v) is 3.21. The van der Waals surface area contributed by atoms with Crippen LogP contribution in [-0.2, 0) is 9.53 Å². The zero-order valence-corrected chi connectivity index (χ0v) is 15.9. The molecule has 1 aromatic rings. The Morgan fingerprint density at radius 1 is 1.04 bits per heavy atom. The molecular formula is C21H34O4. The molecule has 2 N–H and O–H groups in total. The normalized spacial score (nSPS) is 12.8. The maximum atomic E-state index is 9.42. The van der Waals surface area contributed by atoms with Crippen LogP contribution in [0.25, 0.3) is 0 Å². The molecule has 1 saturated carbocycles. The first-order valence-electron chi connectivity index (χ1n) is 9.07. The van der Waals surface area contributed by atoms with E-state index in [0.29, 0.717) is 6.47 Å². The first-order valence-corrected chi connectivity index (χ1v) is 9.07. The lowest BCUT2D eigenvalue weighted by atomic mass is 10.0. The number of benzene rings is 1. The average Bonchev–Trinajstić information content (AvgIpc) is 2.70. The van der Waals surface area contributed by atoms with Gasteiger partial charge in [0.1, 0.15) is 6.61 Å². The maximum Gasteiger partial charge on any atom is 0.294 e. The van der Waals surface area contributed by atoms with Crippen molar-refractivity contribution in [3.8, 4) is 11.8 Å². The molecule has 25 heavy (non-hydrogen) atoms. The maximum absolute atomic E-state index is 9.42. The van der Waals surface area contributed by atoms with Gasteiger partial charge < -0.3 is 14.9 Å². The molecule has 0 bridgehead atoms. The van der Waals surface area contributed by atoms with Crippen LogP contribution >= 0.6 is 0 Å². The van der Waals surface area contributed by atoms with Gasteiger partial charge >= 0.3 is 0 Å². The third-order valence-electron chi connectivity index (χ3n) is 3.21. The Labute approximate surface area is 153 Å².